The predicted octanol–water partition coefficient (Wildman–Crippen LogP) is 3.90. The number of piperazine rings is 1. The van der Waals surface area contributed by atoms with Gasteiger partial charge in [-0.2, -0.15) is 0 Å². The second-order valence-corrected chi connectivity index (χ2v) is 9.52. The molecule has 4 rings (SSSR count). The molecule has 1 aliphatic heterocycles. The van der Waals surface area contributed by atoms with Crippen LogP contribution in [0.15, 0.2) is 71.7 Å². The van der Waals surface area contributed by atoms with Crippen LogP contribution in [0.25, 0.3) is 6.08 Å². The van der Waals surface area contributed by atoms with Crippen LogP contribution in [-0.2, 0) is 11.3 Å². The van der Waals surface area contributed by atoms with Crippen molar-refractivity contribution in [2.75, 3.05) is 38.1 Å². The highest BCUT2D eigenvalue weighted by molar-refractivity contribution is 7.10. The molecule has 0 spiro atoms. The van der Waals surface area contributed by atoms with Gasteiger partial charge in [0, 0.05) is 48.9 Å². The molecule has 0 radical (unpaired) electrons. The zero-order chi connectivity index (χ0) is 23.9. The minimum Gasteiger partial charge on any atom is -0.369 e. The summed E-state index contributed by atoms with van der Waals surface area (Å²) < 4.78 is 0. The number of aryl methyl sites for hydroxylation is 1. The lowest BCUT2D eigenvalue weighted by molar-refractivity contribution is -0.117. The van der Waals surface area contributed by atoms with Gasteiger partial charge in [0.2, 0.25) is 0 Å². The number of carbonyl (C=O) groups excluding carboxylic acids is 2. The molecule has 1 aliphatic rings. The highest BCUT2D eigenvalue weighted by Gasteiger charge is 2.16. The van der Waals surface area contributed by atoms with Crippen LogP contribution in [0.2, 0.25) is 0 Å². The van der Waals surface area contributed by atoms with E-state index in [0.29, 0.717) is 12.1 Å². The molecule has 34 heavy (non-hydrogen) atoms. The lowest BCUT2D eigenvalue weighted by Gasteiger charge is -2.34. The van der Waals surface area contributed by atoms with Crippen LogP contribution in [-0.4, -0.2) is 49.9 Å². The number of hydrogen-bond acceptors (Lipinski definition) is 5. The second-order valence-electron chi connectivity index (χ2n) is 8.54. The summed E-state index contributed by atoms with van der Waals surface area (Å²) in [5.74, 6) is -0.629. The molecular weight excluding hydrogens is 444 g/mol. The van der Waals surface area contributed by atoms with Crippen molar-refractivity contribution in [1.29, 1.82) is 0 Å². The number of amides is 2. The maximum Gasteiger partial charge on any atom is 0.268 e. The Hall–Kier alpha value is -3.42. The number of likely N-dealkylation sites (N-methyl/N-ethyl adjacent to an activating group) is 1. The molecule has 0 bridgehead atoms. The smallest absolute Gasteiger partial charge is 0.268 e. The van der Waals surface area contributed by atoms with Crippen LogP contribution in [0, 0.1) is 6.92 Å². The summed E-state index contributed by atoms with van der Waals surface area (Å²) in [7, 11) is 2.15. The van der Waals surface area contributed by atoms with Crippen LogP contribution < -0.4 is 15.5 Å². The number of hydrogen-bond donors (Lipinski definition) is 2. The van der Waals surface area contributed by atoms with Gasteiger partial charge < -0.3 is 20.4 Å². The SMILES string of the molecule is Cc1cccc(C(=O)N/C(=C\c2cccs2)C(=O)NCc2ccc(N3CCN(C)CC3)cc2)c1. The highest BCUT2D eigenvalue weighted by Crippen LogP contribution is 2.17. The summed E-state index contributed by atoms with van der Waals surface area (Å²) in [5, 5.41) is 7.68. The van der Waals surface area contributed by atoms with E-state index < -0.39 is 0 Å². The van der Waals surface area contributed by atoms with Crippen molar-refractivity contribution in [3.05, 3.63) is 93.3 Å². The van der Waals surface area contributed by atoms with Crippen LogP contribution in [0.3, 0.4) is 0 Å². The quantitative estimate of drug-likeness (QED) is 0.510. The monoisotopic (exact) mass is 474 g/mol. The topological polar surface area (TPSA) is 64.7 Å². The Kier molecular flexibility index (Phi) is 7.77. The van der Waals surface area contributed by atoms with Crippen LogP contribution in [0.1, 0.15) is 26.4 Å². The van der Waals surface area contributed by atoms with Gasteiger partial charge in [-0.1, -0.05) is 35.9 Å². The molecule has 0 aliphatic carbocycles. The Morgan fingerprint density at radius 1 is 1.00 bits per heavy atom. The minimum absolute atomic E-state index is 0.225. The zero-order valence-corrected chi connectivity index (χ0v) is 20.4. The maximum absolute atomic E-state index is 13.0. The van der Waals surface area contributed by atoms with Crippen molar-refractivity contribution in [2.24, 2.45) is 0 Å². The minimum atomic E-state index is -0.322. The van der Waals surface area contributed by atoms with Crippen molar-refractivity contribution in [3.63, 3.8) is 0 Å². The molecule has 2 heterocycles. The third kappa shape index (κ3) is 6.34. The fourth-order valence-electron chi connectivity index (χ4n) is 3.82. The first-order valence-electron chi connectivity index (χ1n) is 11.4. The zero-order valence-electron chi connectivity index (χ0n) is 19.6. The van der Waals surface area contributed by atoms with Crippen LogP contribution in [0.4, 0.5) is 5.69 Å². The Balaban J connectivity index is 1.41. The third-order valence-electron chi connectivity index (χ3n) is 5.86. The summed E-state index contributed by atoms with van der Waals surface area (Å²) >= 11 is 1.51. The van der Waals surface area contributed by atoms with Gasteiger partial charge in [-0.25, -0.2) is 0 Å². The number of benzene rings is 2. The molecule has 7 heteroatoms. The third-order valence-corrected chi connectivity index (χ3v) is 6.68. The molecule has 176 valence electrons. The maximum atomic E-state index is 13.0. The van der Waals surface area contributed by atoms with Crippen molar-refractivity contribution >= 4 is 34.9 Å². The largest absolute Gasteiger partial charge is 0.369 e. The molecule has 3 aromatic rings. The fourth-order valence-corrected chi connectivity index (χ4v) is 4.48. The average molecular weight is 475 g/mol. The number of rotatable bonds is 7. The molecular formula is C27H30N4O2S. The van der Waals surface area contributed by atoms with Crippen molar-refractivity contribution in [2.45, 2.75) is 13.5 Å². The molecule has 2 N–H and O–H groups in total. The van der Waals surface area contributed by atoms with Gasteiger partial charge in [0.15, 0.2) is 0 Å². The van der Waals surface area contributed by atoms with E-state index in [2.05, 4.69) is 39.6 Å². The molecule has 1 aromatic heterocycles. The van der Waals surface area contributed by atoms with Gasteiger partial charge >= 0.3 is 0 Å². The van der Waals surface area contributed by atoms with E-state index >= 15 is 0 Å². The molecule has 1 fully saturated rings. The fraction of sp³-hybridized carbons (Fsp3) is 0.259. The van der Waals surface area contributed by atoms with Crippen molar-refractivity contribution in [1.82, 2.24) is 15.5 Å². The van der Waals surface area contributed by atoms with Gasteiger partial charge in [-0.05, 0) is 61.3 Å². The molecule has 2 aromatic carbocycles. The molecule has 1 saturated heterocycles. The van der Waals surface area contributed by atoms with E-state index in [1.807, 2.05) is 48.7 Å². The first kappa shape index (κ1) is 23.7. The number of nitrogens with one attached hydrogen (secondary N) is 2. The number of nitrogens with zero attached hydrogens (tertiary/aromatic N) is 2. The van der Waals surface area contributed by atoms with E-state index in [0.717, 1.165) is 42.2 Å². The summed E-state index contributed by atoms with van der Waals surface area (Å²) in [6.45, 7) is 6.47. The van der Waals surface area contributed by atoms with Gasteiger partial charge in [0.05, 0.1) is 0 Å². The van der Waals surface area contributed by atoms with Crippen molar-refractivity contribution < 1.29 is 9.59 Å². The van der Waals surface area contributed by atoms with E-state index in [-0.39, 0.29) is 17.5 Å². The van der Waals surface area contributed by atoms with Crippen molar-refractivity contribution in [3.8, 4) is 0 Å². The second kappa shape index (κ2) is 11.1. The Labute approximate surface area is 204 Å². The Morgan fingerprint density at radius 3 is 2.44 bits per heavy atom. The van der Waals surface area contributed by atoms with E-state index in [4.69, 9.17) is 0 Å². The molecule has 0 atom stereocenters. The van der Waals surface area contributed by atoms with E-state index in [9.17, 15) is 9.59 Å². The first-order chi connectivity index (χ1) is 16.5. The van der Waals surface area contributed by atoms with Crippen LogP contribution in [0.5, 0.6) is 0 Å². The van der Waals surface area contributed by atoms with Crippen LogP contribution >= 0.6 is 11.3 Å². The predicted molar refractivity (Wildman–Crippen MR) is 139 cm³/mol. The normalized spacial score (nSPS) is 14.6. The molecule has 2 amide bonds. The standard InChI is InChI=1S/C27H30N4O2S/c1-20-5-3-6-22(17-20)26(32)29-25(18-24-7-4-16-34-24)27(33)28-19-21-8-10-23(11-9-21)31-14-12-30(2)13-15-31/h3-11,16-18H,12-15,19H2,1-2H3,(H,28,33)(H,29,32)/b25-18-. The lowest BCUT2D eigenvalue weighted by atomic mass is 10.1. The van der Waals surface area contributed by atoms with Gasteiger partial charge in [0.1, 0.15) is 5.70 Å². The van der Waals surface area contributed by atoms with E-state index in [1.165, 1.54) is 17.0 Å². The van der Waals surface area contributed by atoms with Gasteiger partial charge in [0.25, 0.3) is 11.8 Å². The number of anilines is 1. The summed E-state index contributed by atoms with van der Waals surface area (Å²) in [5.41, 5.74) is 3.94. The number of thiophene rings is 1. The summed E-state index contributed by atoms with van der Waals surface area (Å²) in [4.78, 5) is 31.4. The summed E-state index contributed by atoms with van der Waals surface area (Å²) in [6.07, 6.45) is 1.71. The summed E-state index contributed by atoms with van der Waals surface area (Å²) in [6, 6.07) is 19.4. The Morgan fingerprint density at radius 2 is 1.76 bits per heavy atom. The van der Waals surface area contributed by atoms with Gasteiger partial charge in [-0.15, -0.1) is 11.3 Å². The molecule has 6 nitrogen and oxygen atoms in total. The molecule has 0 unspecified atom stereocenters. The number of carbonyl (C=O) groups is 2. The van der Waals surface area contributed by atoms with E-state index in [1.54, 1.807) is 18.2 Å². The average Bonchev–Trinajstić information content (AvgIpc) is 3.36. The Bertz CT molecular complexity index is 1150. The lowest BCUT2D eigenvalue weighted by Crippen LogP contribution is -2.44. The first-order valence-corrected chi connectivity index (χ1v) is 12.3. The molecule has 0 saturated carbocycles. The van der Waals surface area contributed by atoms with Gasteiger partial charge in [-0.3, -0.25) is 9.59 Å². The highest BCUT2D eigenvalue weighted by atomic mass is 32.1.